The zero-order valence-electron chi connectivity index (χ0n) is 12.4. The molecule has 0 radical (unpaired) electrons. The first-order chi connectivity index (χ1) is 10.1. The van der Waals surface area contributed by atoms with Crippen molar-refractivity contribution in [3.8, 4) is 0 Å². The van der Waals surface area contributed by atoms with Gasteiger partial charge in [0.1, 0.15) is 5.56 Å². The number of carboxylic acids is 1. The molecule has 2 rings (SSSR count). The van der Waals surface area contributed by atoms with Gasteiger partial charge in [-0.2, -0.15) is 5.10 Å². The van der Waals surface area contributed by atoms with Gasteiger partial charge < -0.3 is 10.4 Å². The van der Waals surface area contributed by atoms with Gasteiger partial charge in [-0.15, -0.1) is 16.4 Å². The Balaban J connectivity index is 2.34. The van der Waals surface area contributed by atoms with Gasteiger partial charge in [-0.1, -0.05) is 13.8 Å². The van der Waals surface area contributed by atoms with Gasteiger partial charge in [0.25, 0.3) is 0 Å². The van der Waals surface area contributed by atoms with Gasteiger partial charge in [0.2, 0.25) is 0 Å². The van der Waals surface area contributed by atoms with Crippen molar-refractivity contribution < 1.29 is 9.90 Å². The summed E-state index contributed by atoms with van der Waals surface area (Å²) in [6.45, 7) is 6.49. The van der Waals surface area contributed by atoms with Crippen molar-refractivity contribution in [2.45, 2.75) is 40.2 Å². The van der Waals surface area contributed by atoms with Crippen LogP contribution in [0.1, 0.15) is 45.9 Å². The molecule has 2 heterocycles. The largest absolute Gasteiger partial charge is 0.478 e. The average Bonchev–Trinajstić information content (AvgIpc) is 2.88. The number of aromatic nitrogens is 2. The lowest BCUT2D eigenvalue weighted by atomic mass is 10.0. The maximum atomic E-state index is 11.6. The minimum absolute atomic E-state index is 0.249. The molecule has 2 aromatic rings. The molecular formula is C15H19N3O2S. The van der Waals surface area contributed by atoms with Gasteiger partial charge in [0, 0.05) is 4.88 Å². The number of hydrogen-bond donors (Lipinski definition) is 2. The summed E-state index contributed by atoms with van der Waals surface area (Å²) in [5.74, 6) is -0.605. The van der Waals surface area contributed by atoms with E-state index in [0.717, 1.165) is 11.3 Å². The van der Waals surface area contributed by atoms with Crippen molar-refractivity contribution in [1.82, 2.24) is 10.2 Å². The topological polar surface area (TPSA) is 75.1 Å². The second-order valence-corrected chi connectivity index (χ2v) is 5.74. The van der Waals surface area contributed by atoms with Crippen LogP contribution in [-0.4, -0.2) is 21.3 Å². The normalized spacial score (nSPS) is 10.6. The predicted molar refractivity (Wildman–Crippen MR) is 84.1 cm³/mol. The number of carbonyl (C=O) groups is 1. The molecule has 0 fully saturated rings. The lowest BCUT2D eigenvalue weighted by Gasteiger charge is -2.13. The zero-order valence-corrected chi connectivity index (χ0v) is 13.3. The molecule has 0 saturated carbocycles. The van der Waals surface area contributed by atoms with Crippen LogP contribution >= 0.6 is 11.3 Å². The number of carboxylic acid groups (broad SMARTS) is 1. The number of nitrogens with zero attached hydrogens (tertiary/aromatic N) is 2. The van der Waals surface area contributed by atoms with Crippen molar-refractivity contribution in [2.75, 3.05) is 5.32 Å². The Bertz CT molecular complexity index is 652. The van der Waals surface area contributed by atoms with Gasteiger partial charge in [0.15, 0.2) is 5.82 Å². The molecule has 2 N–H and O–H groups in total. The van der Waals surface area contributed by atoms with E-state index in [0.29, 0.717) is 25.2 Å². The first kappa shape index (κ1) is 15.4. The van der Waals surface area contributed by atoms with E-state index in [2.05, 4.69) is 15.5 Å². The molecule has 0 spiro atoms. The van der Waals surface area contributed by atoms with Gasteiger partial charge >= 0.3 is 5.97 Å². The molecule has 0 unspecified atom stereocenters. The molecule has 2 aromatic heterocycles. The molecular weight excluding hydrogens is 286 g/mol. The lowest BCUT2D eigenvalue weighted by molar-refractivity contribution is 0.0696. The third kappa shape index (κ3) is 3.21. The van der Waals surface area contributed by atoms with E-state index in [4.69, 9.17) is 0 Å². The van der Waals surface area contributed by atoms with E-state index in [-0.39, 0.29) is 5.56 Å². The Morgan fingerprint density at radius 1 is 1.33 bits per heavy atom. The number of anilines is 1. The standard InChI is InChI=1S/C15H19N3O2S/c1-4-10-11(5-2)17-18-14(13(10)15(19)20)16-8-12-9(3)6-7-21-12/h6-7H,4-5,8H2,1-3H3,(H,16,18)(H,19,20). The number of aromatic carboxylic acids is 1. The second-order valence-electron chi connectivity index (χ2n) is 4.74. The molecule has 112 valence electrons. The molecule has 6 heteroatoms. The van der Waals surface area contributed by atoms with Crippen LogP contribution in [0, 0.1) is 6.92 Å². The molecule has 5 nitrogen and oxygen atoms in total. The van der Waals surface area contributed by atoms with Crippen LogP contribution in [0.3, 0.4) is 0 Å². The number of aryl methyl sites for hydroxylation is 2. The van der Waals surface area contributed by atoms with Crippen molar-refractivity contribution in [3.63, 3.8) is 0 Å². The van der Waals surface area contributed by atoms with Crippen LogP contribution < -0.4 is 5.32 Å². The predicted octanol–water partition coefficient (Wildman–Crippen LogP) is 3.28. The van der Waals surface area contributed by atoms with Crippen LogP contribution in [0.2, 0.25) is 0 Å². The first-order valence-electron chi connectivity index (χ1n) is 6.97. The monoisotopic (exact) mass is 305 g/mol. The van der Waals surface area contributed by atoms with Crippen LogP contribution in [0.15, 0.2) is 11.4 Å². The Kier molecular flexibility index (Phi) is 4.90. The molecule has 0 bridgehead atoms. The Hall–Kier alpha value is -1.95. The van der Waals surface area contributed by atoms with Crippen molar-refractivity contribution in [1.29, 1.82) is 0 Å². The van der Waals surface area contributed by atoms with Gasteiger partial charge in [-0.25, -0.2) is 4.79 Å². The van der Waals surface area contributed by atoms with Crippen LogP contribution in [0.5, 0.6) is 0 Å². The smallest absolute Gasteiger partial charge is 0.339 e. The number of hydrogen-bond acceptors (Lipinski definition) is 5. The maximum absolute atomic E-state index is 11.6. The fraction of sp³-hybridized carbons (Fsp3) is 0.400. The van der Waals surface area contributed by atoms with Crippen LogP contribution in [0.25, 0.3) is 0 Å². The molecule has 0 aliphatic rings. The van der Waals surface area contributed by atoms with Crippen molar-refractivity contribution in [3.05, 3.63) is 38.7 Å². The van der Waals surface area contributed by atoms with E-state index >= 15 is 0 Å². The third-order valence-corrected chi connectivity index (χ3v) is 4.47. The summed E-state index contributed by atoms with van der Waals surface area (Å²) in [4.78, 5) is 12.8. The molecule has 0 aliphatic heterocycles. The maximum Gasteiger partial charge on any atom is 0.339 e. The minimum Gasteiger partial charge on any atom is -0.478 e. The molecule has 0 amide bonds. The van der Waals surface area contributed by atoms with Crippen molar-refractivity contribution in [2.24, 2.45) is 0 Å². The highest BCUT2D eigenvalue weighted by molar-refractivity contribution is 7.10. The quantitative estimate of drug-likeness (QED) is 0.856. The molecule has 0 aromatic carbocycles. The Labute approximate surface area is 128 Å². The average molecular weight is 305 g/mol. The van der Waals surface area contributed by atoms with Crippen LogP contribution in [0.4, 0.5) is 5.82 Å². The summed E-state index contributed by atoms with van der Waals surface area (Å²) < 4.78 is 0. The zero-order chi connectivity index (χ0) is 15.4. The van der Waals surface area contributed by atoms with E-state index in [1.807, 2.05) is 32.2 Å². The lowest BCUT2D eigenvalue weighted by Crippen LogP contribution is -2.15. The summed E-state index contributed by atoms with van der Waals surface area (Å²) >= 11 is 1.64. The summed E-state index contributed by atoms with van der Waals surface area (Å²) in [6.07, 6.45) is 1.31. The highest BCUT2D eigenvalue weighted by Crippen LogP contribution is 2.23. The number of rotatable bonds is 6. The third-order valence-electron chi connectivity index (χ3n) is 3.44. The summed E-state index contributed by atoms with van der Waals surface area (Å²) in [6, 6.07) is 2.04. The Morgan fingerprint density at radius 3 is 2.62 bits per heavy atom. The Morgan fingerprint density at radius 2 is 2.10 bits per heavy atom. The number of nitrogens with one attached hydrogen (secondary N) is 1. The van der Waals surface area contributed by atoms with Gasteiger partial charge in [-0.3, -0.25) is 0 Å². The summed E-state index contributed by atoms with van der Waals surface area (Å²) in [5, 5.41) is 22.9. The van der Waals surface area contributed by atoms with Gasteiger partial charge in [-0.05, 0) is 42.3 Å². The fourth-order valence-electron chi connectivity index (χ4n) is 2.28. The summed E-state index contributed by atoms with van der Waals surface area (Å²) in [5.41, 5.74) is 2.97. The van der Waals surface area contributed by atoms with E-state index in [9.17, 15) is 9.90 Å². The van der Waals surface area contributed by atoms with E-state index in [1.165, 1.54) is 10.4 Å². The van der Waals surface area contributed by atoms with Gasteiger partial charge in [0.05, 0.1) is 12.2 Å². The van der Waals surface area contributed by atoms with Crippen molar-refractivity contribution >= 4 is 23.1 Å². The van der Waals surface area contributed by atoms with E-state index in [1.54, 1.807) is 11.3 Å². The highest BCUT2D eigenvalue weighted by Gasteiger charge is 2.20. The second kappa shape index (κ2) is 6.67. The summed E-state index contributed by atoms with van der Waals surface area (Å²) in [7, 11) is 0. The SMILES string of the molecule is CCc1nnc(NCc2sccc2C)c(C(=O)O)c1CC. The highest BCUT2D eigenvalue weighted by atomic mass is 32.1. The number of thiophene rings is 1. The van der Waals surface area contributed by atoms with Crippen LogP contribution in [-0.2, 0) is 19.4 Å². The molecule has 0 saturated heterocycles. The molecule has 0 atom stereocenters. The first-order valence-corrected chi connectivity index (χ1v) is 7.84. The van der Waals surface area contributed by atoms with E-state index < -0.39 is 5.97 Å². The fourth-order valence-corrected chi connectivity index (χ4v) is 3.12. The molecule has 21 heavy (non-hydrogen) atoms. The molecule has 0 aliphatic carbocycles. The minimum atomic E-state index is -0.957.